The second-order valence-electron chi connectivity index (χ2n) is 6.44. The Hall–Kier alpha value is -2.64. The molecule has 7 heteroatoms. The number of hydrogen-bond acceptors (Lipinski definition) is 4. The van der Waals surface area contributed by atoms with Crippen molar-refractivity contribution in [2.75, 3.05) is 12.4 Å². The van der Waals surface area contributed by atoms with Crippen LogP contribution in [-0.2, 0) is 0 Å². The van der Waals surface area contributed by atoms with E-state index in [9.17, 15) is 4.79 Å². The minimum absolute atomic E-state index is 0.264. The molecule has 1 aromatic heterocycles. The zero-order chi connectivity index (χ0) is 20.5. The van der Waals surface area contributed by atoms with E-state index in [0.717, 1.165) is 20.1 Å². The van der Waals surface area contributed by atoms with Crippen LogP contribution in [-0.4, -0.2) is 18.0 Å². The number of fused-ring (bicyclic) bond motifs is 1. The van der Waals surface area contributed by atoms with Crippen LogP contribution in [0.25, 0.3) is 22.6 Å². The van der Waals surface area contributed by atoms with E-state index < -0.39 is 0 Å². The molecule has 0 aliphatic rings. The van der Waals surface area contributed by atoms with Crippen molar-refractivity contribution in [3.05, 3.63) is 74.7 Å². The molecule has 5 nitrogen and oxygen atoms in total. The monoisotopic (exact) mass is 514 g/mol. The lowest BCUT2D eigenvalue weighted by Gasteiger charge is -2.12. The van der Waals surface area contributed by atoms with Gasteiger partial charge in [0.05, 0.1) is 18.2 Å². The molecule has 0 aliphatic carbocycles. The normalized spacial score (nSPS) is 10.9. The van der Waals surface area contributed by atoms with Crippen LogP contribution in [0.3, 0.4) is 0 Å². The van der Waals surface area contributed by atoms with Crippen molar-refractivity contribution in [1.29, 1.82) is 0 Å². The fourth-order valence-corrected chi connectivity index (χ4v) is 4.15. The highest BCUT2D eigenvalue weighted by Crippen LogP contribution is 2.32. The fourth-order valence-electron chi connectivity index (χ4n) is 3.12. The van der Waals surface area contributed by atoms with Gasteiger partial charge in [-0.2, -0.15) is 0 Å². The highest BCUT2D eigenvalue weighted by atomic mass is 79.9. The number of carbonyl (C=O) groups is 1. The third-order valence-corrected chi connectivity index (χ3v) is 5.59. The third-order valence-electron chi connectivity index (χ3n) is 4.44. The molecule has 146 valence electrons. The average molecular weight is 516 g/mol. The first-order valence-electron chi connectivity index (χ1n) is 8.77. The largest absolute Gasteiger partial charge is 0.496 e. The van der Waals surface area contributed by atoms with Crippen LogP contribution in [0.4, 0.5) is 5.69 Å². The quantitative estimate of drug-likeness (QED) is 0.333. The van der Waals surface area contributed by atoms with Gasteiger partial charge in [0.15, 0.2) is 5.58 Å². The second kappa shape index (κ2) is 8.00. The van der Waals surface area contributed by atoms with E-state index in [1.54, 1.807) is 31.4 Å². The molecule has 1 N–H and O–H groups in total. The van der Waals surface area contributed by atoms with Gasteiger partial charge in [-0.25, -0.2) is 4.98 Å². The van der Waals surface area contributed by atoms with E-state index in [1.165, 1.54) is 0 Å². The Bertz CT molecular complexity index is 1230. The summed E-state index contributed by atoms with van der Waals surface area (Å²) in [6.45, 7) is 1.89. The number of aryl methyl sites for hydroxylation is 1. The van der Waals surface area contributed by atoms with Crippen molar-refractivity contribution in [2.45, 2.75) is 6.92 Å². The molecule has 29 heavy (non-hydrogen) atoms. The molecule has 0 fully saturated rings. The number of ether oxygens (including phenoxy) is 1. The summed E-state index contributed by atoms with van der Waals surface area (Å²) in [4.78, 5) is 17.4. The van der Waals surface area contributed by atoms with E-state index in [1.807, 2.05) is 37.3 Å². The minimum atomic E-state index is -0.264. The fraction of sp³-hybridized carbons (Fsp3) is 0.0909. The molecule has 0 atom stereocenters. The summed E-state index contributed by atoms with van der Waals surface area (Å²) >= 11 is 6.95. The lowest BCUT2D eigenvalue weighted by atomic mass is 10.1. The molecule has 0 saturated carbocycles. The van der Waals surface area contributed by atoms with Crippen molar-refractivity contribution >= 4 is 54.6 Å². The van der Waals surface area contributed by atoms with Gasteiger partial charge in [-0.1, -0.05) is 28.1 Å². The molecule has 0 saturated heterocycles. The number of amides is 1. The van der Waals surface area contributed by atoms with Gasteiger partial charge in [-0.15, -0.1) is 0 Å². The number of anilines is 1. The van der Waals surface area contributed by atoms with Crippen molar-refractivity contribution in [2.24, 2.45) is 0 Å². The van der Waals surface area contributed by atoms with Crippen LogP contribution >= 0.6 is 31.9 Å². The van der Waals surface area contributed by atoms with Crippen LogP contribution in [0.2, 0.25) is 0 Å². The van der Waals surface area contributed by atoms with Crippen LogP contribution in [0.15, 0.2) is 68.0 Å². The van der Waals surface area contributed by atoms with E-state index >= 15 is 0 Å². The molecule has 0 unspecified atom stereocenters. The van der Waals surface area contributed by atoms with E-state index in [2.05, 4.69) is 42.2 Å². The van der Waals surface area contributed by atoms with E-state index in [0.29, 0.717) is 34.0 Å². The number of aromatic nitrogens is 1. The molecule has 4 aromatic rings. The average Bonchev–Trinajstić information content (AvgIpc) is 3.10. The van der Waals surface area contributed by atoms with E-state index in [4.69, 9.17) is 9.15 Å². The maximum absolute atomic E-state index is 12.8. The smallest absolute Gasteiger partial charge is 0.259 e. The first-order chi connectivity index (χ1) is 14.0. The number of nitrogens with zero attached hydrogens (tertiary/aromatic N) is 1. The summed E-state index contributed by atoms with van der Waals surface area (Å²) in [6.07, 6.45) is 0. The summed E-state index contributed by atoms with van der Waals surface area (Å²) in [7, 11) is 1.55. The number of methoxy groups -OCH3 is 1. The van der Waals surface area contributed by atoms with Gasteiger partial charge in [-0.05, 0) is 70.9 Å². The first kappa shape index (κ1) is 19.7. The van der Waals surface area contributed by atoms with Gasteiger partial charge < -0.3 is 14.5 Å². The van der Waals surface area contributed by atoms with Gasteiger partial charge in [0.2, 0.25) is 5.89 Å². The highest BCUT2D eigenvalue weighted by Gasteiger charge is 2.17. The molecule has 0 bridgehead atoms. The number of halogens is 2. The van der Waals surface area contributed by atoms with E-state index in [-0.39, 0.29) is 5.91 Å². The summed E-state index contributed by atoms with van der Waals surface area (Å²) in [6, 6.07) is 16.7. The number of carbonyl (C=O) groups excluding carboxylic acids is 1. The second-order valence-corrected chi connectivity index (χ2v) is 8.21. The zero-order valence-electron chi connectivity index (χ0n) is 15.6. The predicted molar refractivity (Wildman–Crippen MR) is 121 cm³/mol. The van der Waals surface area contributed by atoms with Gasteiger partial charge in [0, 0.05) is 14.6 Å². The van der Waals surface area contributed by atoms with Crippen molar-refractivity contribution in [3.63, 3.8) is 0 Å². The molecule has 1 heterocycles. The zero-order valence-corrected chi connectivity index (χ0v) is 18.8. The molecule has 3 aromatic carbocycles. The SMILES string of the molecule is COc1c(C)cc(Br)cc1C(=O)Nc1ccc2oc(-c3ccccc3Br)nc2c1. The summed E-state index contributed by atoms with van der Waals surface area (Å²) in [5.74, 6) is 0.796. The van der Waals surface area contributed by atoms with Gasteiger partial charge >= 0.3 is 0 Å². The standard InChI is InChI=1S/C22H16Br2N2O3/c1-12-9-13(23)10-16(20(12)28-2)21(27)25-14-7-8-19-18(11-14)26-22(29-19)15-5-3-4-6-17(15)24/h3-11H,1-2H3,(H,25,27). The summed E-state index contributed by atoms with van der Waals surface area (Å²) in [5, 5.41) is 2.91. The summed E-state index contributed by atoms with van der Waals surface area (Å²) < 4.78 is 13.0. The molecule has 4 rings (SSSR count). The number of rotatable bonds is 4. The topological polar surface area (TPSA) is 64.4 Å². The molecule has 0 aliphatic heterocycles. The van der Waals surface area contributed by atoms with Crippen LogP contribution in [0.1, 0.15) is 15.9 Å². The van der Waals surface area contributed by atoms with Crippen LogP contribution in [0, 0.1) is 6.92 Å². The molecular formula is C22H16Br2N2O3. The Labute approximate surface area is 184 Å². The van der Waals surface area contributed by atoms with Gasteiger partial charge in [0.25, 0.3) is 5.91 Å². The molecule has 1 amide bonds. The molecule has 0 radical (unpaired) electrons. The number of oxazole rings is 1. The Morgan fingerprint density at radius 1 is 1.10 bits per heavy atom. The summed E-state index contributed by atoms with van der Waals surface area (Å²) in [5.41, 5.74) is 4.11. The molecule has 0 spiro atoms. The highest BCUT2D eigenvalue weighted by molar-refractivity contribution is 9.10. The Morgan fingerprint density at radius 2 is 1.90 bits per heavy atom. The Morgan fingerprint density at radius 3 is 2.66 bits per heavy atom. The van der Waals surface area contributed by atoms with Crippen LogP contribution < -0.4 is 10.1 Å². The number of hydrogen-bond donors (Lipinski definition) is 1. The van der Waals surface area contributed by atoms with Crippen molar-refractivity contribution in [1.82, 2.24) is 4.98 Å². The maximum atomic E-state index is 12.8. The van der Waals surface area contributed by atoms with Crippen LogP contribution in [0.5, 0.6) is 5.75 Å². The van der Waals surface area contributed by atoms with Crippen molar-refractivity contribution in [3.8, 4) is 17.2 Å². The number of benzene rings is 3. The number of nitrogens with one attached hydrogen (secondary N) is 1. The lowest BCUT2D eigenvalue weighted by molar-refractivity contribution is 0.102. The lowest BCUT2D eigenvalue weighted by Crippen LogP contribution is -2.13. The minimum Gasteiger partial charge on any atom is -0.496 e. The maximum Gasteiger partial charge on any atom is 0.259 e. The van der Waals surface area contributed by atoms with Gasteiger partial charge in [0.1, 0.15) is 11.3 Å². The third kappa shape index (κ3) is 3.93. The Kier molecular flexibility index (Phi) is 5.43. The Balaban J connectivity index is 1.66. The van der Waals surface area contributed by atoms with Gasteiger partial charge in [-0.3, -0.25) is 4.79 Å². The predicted octanol–water partition coefficient (Wildman–Crippen LogP) is 6.59. The molecular weight excluding hydrogens is 500 g/mol. The van der Waals surface area contributed by atoms with Crippen molar-refractivity contribution < 1.29 is 13.9 Å². The first-order valence-corrected chi connectivity index (χ1v) is 10.4.